The van der Waals surface area contributed by atoms with Gasteiger partial charge < -0.3 is 15.2 Å². The number of hydrogen-bond donors (Lipinski definition) is 2. The van der Waals surface area contributed by atoms with Gasteiger partial charge in [0.05, 0.1) is 13.1 Å². The fourth-order valence-electron chi connectivity index (χ4n) is 1.25. The van der Waals surface area contributed by atoms with Crippen molar-refractivity contribution in [3.8, 4) is 0 Å². The molecular formula is C11H12N4O2. The molecule has 0 aliphatic carbocycles. The topological polar surface area (TPSA) is 80.0 Å². The highest BCUT2D eigenvalue weighted by Gasteiger charge is 2.03. The van der Waals surface area contributed by atoms with E-state index in [0.717, 1.165) is 5.69 Å². The van der Waals surface area contributed by atoms with E-state index >= 15 is 0 Å². The first-order valence-electron chi connectivity index (χ1n) is 5.15. The summed E-state index contributed by atoms with van der Waals surface area (Å²) in [5.74, 6) is 0.330. The number of carbonyl (C=O) groups is 1. The number of para-hydroxylation sites is 1. The van der Waals surface area contributed by atoms with Crippen LogP contribution in [0.4, 0.5) is 5.69 Å². The second kappa shape index (κ2) is 5.64. The van der Waals surface area contributed by atoms with E-state index in [2.05, 4.69) is 25.3 Å². The van der Waals surface area contributed by atoms with Gasteiger partial charge in [0.25, 0.3) is 0 Å². The zero-order valence-corrected chi connectivity index (χ0v) is 9.09. The number of anilines is 1. The van der Waals surface area contributed by atoms with E-state index in [0.29, 0.717) is 5.82 Å². The third-order valence-electron chi connectivity index (χ3n) is 2.08. The zero-order valence-electron chi connectivity index (χ0n) is 9.09. The molecule has 17 heavy (non-hydrogen) atoms. The first-order chi connectivity index (χ1) is 8.34. The van der Waals surface area contributed by atoms with Crippen LogP contribution in [-0.4, -0.2) is 22.6 Å². The largest absolute Gasteiger partial charge is 0.376 e. The molecule has 0 saturated heterocycles. The van der Waals surface area contributed by atoms with Crippen LogP contribution in [-0.2, 0) is 11.3 Å². The van der Waals surface area contributed by atoms with Gasteiger partial charge in [-0.1, -0.05) is 23.4 Å². The van der Waals surface area contributed by atoms with Gasteiger partial charge in [0.1, 0.15) is 0 Å². The van der Waals surface area contributed by atoms with E-state index in [-0.39, 0.29) is 19.0 Å². The molecule has 1 heterocycles. The summed E-state index contributed by atoms with van der Waals surface area (Å²) in [5.41, 5.74) is 0.905. The van der Waals surface area contributed by atoms with Gasteiger partial charge in [0.15, 0.2) is 5.82 Å². The van der Waals surface area contributed by atoms with Crippen LogP contribution in [0.3, 0.4) is 0 Å². The van der Waals surface area contributed by atoms with Crippen molar-refractivity contribution in [3.63, 3.8) is 0 Å². The van der Waals surface area contributed by atoms with Crippen LogP contribution in [0.2, 0.25) is 0 Å². The minimum atomic E-state index is -0.126. The molecule has 2 rings (SSSR count). The van der Waals surface area contributed by atoms with Crippen molar-refractivity contribution in [2.75, 3.05) is 11.9 Å². The average molecular weight is 232 g/mol. The summed E-state index contributed by atoms with van der Waals surface area (Å²) in [6.07, 6.45) is 1.23. The summed E-state index contributed by atoms with van der Waals surface area (Å²) >= 11 is 0. The van der Waals surface area contributed by atoms with Gasteiger partial charge in [-0.25, -0.2) is 0 Å². The quantitative estimate of drug-likeness (QED) is 0.797. The highest BCUT2D eigenvalue weighted by atomic mass is 16.5. The number of aromatic nitrogens is 2. The molecule has 1 aromatic carbocycles. The highest BCUT2D eigenvalue weighted by molar-refractivity contribution is 5.80. The Morgan fingerprint density at radius 3 is 2.82 bits per heavy atom. The van der Waals surface area contributed by atoms with Crippen LogP contribution < -0.4 is 10.6 Å². The minimum absolute atomic E-state index is 0.126. The van der Waals surface area contributed by atoms with Crippen molar-refractivity contribution in [1.82, 2.24) is 15.5 Å². The number of hydrogen-bond acceptors (Lipinski definition) is 5. The predicted octanol–water partition coefficient (Wildman–Crippen LogP) is 0.798. The van der Waals surface area contributed by atoms with Crippen LogP contribution in [0.5, 0.6) is 0 Å². The summed E-state index contributed by atoms with van der Waals surface area (Å²) in [6, 6.07) is 9.51. The van der Waals surface area contributed by atoms with Gasteiger partial charge in [-0.05, 0) is 12.1 Å². The van der Waals surface area contributed by atoms with Crippen molar-refractivity contribution in [2.24, 2.45) is 0 Å². The molecule has 0 fully saturated rings. The molecule has 6 heteroatoms. The predicted molar refractivity (Wildman–Crippen MR) is 61.1 cm³/mol. The molecule has 88 valence electrons. The molecule has 0 spiro atoms. The Kier molecular flexibility index (Phi) is 3.69. The molecule has 0 bridgehead atoms. The Morgan fingerprint density at radius 2 is 2.12 bits per heavy atom. The van der Waals surface area contributed by atoms with Crippen molar-refractivity contribution in [3.05, 3.63) is 42.5 Å². The van der Waals surface area contributed by atoms with E-state index < -0.39 is 0 Å². The van der Waals surface area contributed by atoms with E-state index in [1.54, 1.807) is 0 Å². The molecule has 0 unspecified atom stereocenters. The number of benzene rings is 1. The van der Waals surface area contributed by atoms with Crippen molar-refractivity contribution in [2.45, 2.75) is 6.54 Å². The fourth-order valence-corrected chi connectivity index (χ4v) is 1.25. The molecular weight excluding hydrogens is 220 g/mol. The van der Waals surface area contributed by atoms with Crippen LogP contribution in [0.25, 0.3) is 0 Å². The average Bonchev–Trinajstić information content (AvgIpc) is 2.88. The SMILES string of the molecule is O=C(CNc1ccccc1)NCc1ncon1. The number of rotatable bonds is 5. The van der Waals surface area contributed by atoms with Gasteiger partial charge in [-0.3, -0.25) is 4.79 Å². The molecule has 2 N–H and O–H groups in total. The van der Waals surface area contributed by atoms with Gasteiger partial charge in [0, 0.05) is 5.69 Å². The van der Waals surface area contributed by atoms with Crippen molar-refractivity contribution < 1.29 is 9.32 Å². The maximum atomic E-state index is 11.5. The van der Waals surface area contributed by atoms with E-state index in [1.165, 1.54) is 6.39 Å². The Balaban J connectivity index is 1.71. The van der Waals surface area contributed by atoms with Crippen LogP contribution in [0.15, 0.2) is 41.2 Å². The molecule has 0 atom stereocenters. The highest BCUT2D eigenvalue weighted by Crippen LogP contribution is 2.03. The second-order valence-electron chi connectivity index (χ2n) is 3.34. The second-order valence-corrected chi connectivity index (χ2v) is 3.34. The van der Waals surface area contributed by atoms with E-state index in [9.17, 15) is 4.79 Å². The van der Waals surface area contributed by atoms with Crippen LogP contribution in [0, 0.1) is 0 Å². The number of nitrogens with one attached hydrogen (secondary N) is 2. The summed E-state index contributed by atoms with van der Waals surface area (Å²) in [6.45, 7) is 0.480. The zero-order chi connectivity index (χ0) is 11.9. The van der Waals surface area contributed by atoms with Crippen LogP contribution >= 0.6 is 0 Å². The van der Waals surface area contributed by atoms with Crippen molar-refractivity contribution >= 4 is 11.6 Å². The fraction of sp³-hybridized carbons (Fsp3) is 0.182. The Morgan fingerprint density at radius 1 is 1.29 bits per heavy atom. The molecule has 1 aromatic heterocycles. The molecule has 1 amide bonds. The third kappa shape index (κ3) is 3.60. The maximum Gasteiger partial charge on any atom is 0.239 e. The lowest BCUT2D eigenvalue weighted by atomic mass is 10.3. The number of amides is 1. The Labute approximate surface area is 98.0 Å². The summed E-state index contributed by atoms with van der Waals surface area (Å²) in [4.78, 5) is 15.2. The molecule has 0 saturated carbocycles. The van der Waals surface area contributed by atoms with E-state index in [4.69, 9.17) is 0 Å². The van der Waals surface area contributed by atoms with Crippen LogP contribution in [0.1, 0.15) is 5.82 Å². The van der Waals surface area contributed by atoms with Gasteiger partial charge in [-0.2, -0.15) is 4.98 Å². The maximum absolute atomic E-state index is 11.5. The van der Waals surface area contributed by atoms with Gasteiger partial charge in [-0.15, -0.1) is 0 Å². The lowest BCUT2D eigenvalue weighted by Crippen LogP contribution is -2.29. The molecule has 0 aliphatic heterocycles. The third-order valence-corrected chi connectivity index (χ3v) is 2.08. The molecule has 0 aliphatic rings. The molecule has 6 nitrogen and oxygen atoms in total. The lowest BCUT2D eigenvalue weighted by Gasteiger charge is -2.05. The van der Waals surface area contributed by atoms with Gasteiger partial charge >= 0.3 is 0 Å². The first kappa shape index (κ1) is 11.1. The normalized spacial score (nSPS) is 9.88. The molecule has 2 aromatic rings. The number of carbonyl (C=O) groups excluding carboxylic acids is 1. The smallest absolute Gasteiger partial charge is 0.239 e. The number of nitrogens with zero attached hydrogens (tertiary/aromatic N) is 2. The monoisotopic (exact) mass is 232 g/mol. The Bertz CT molecular complexity index is 456. The van der Waals surface area contributed by atoms with Gasteiger partial charge in [0.2, 0.25) is 12.3 Å². The standard InChI is InChI=1S/C11H12N4O2/c16-11(13-6-10-14-8-17-15-10)7-12-9-4-2-1-3-5-9/h1-5,8,12H,6-7H2,(H,13,16). The van der Waals surface area contributed by atoms with Crippen molar-refractivity contribution in [1.29, 1.82) is 0 Å². The summed E-state index contributed by atoms with van der Waals surface area (Å²) in [7, 11) is 0. The lowest BCUT2D eigenvalue weighted by molar-refractivity contribution is -0.119. The minimum Gasteiger partial charge on any atom is -0.376 e. The summed E-state index contributed by atoms with van der Waals surface area (Å²) < 4.78 is 4.55. The van der Waals surface area contributed by atoms with E-state index in [1.807, 2.05) is 30.3 Å². The summed E-state index contributed by atoms with van der Waals surface area (Å²) in [5, 5.41) is 9.25. The molecule has 0 radical (unpaired) electrons. The first-order valence-corrected chi connectivity index (χ1v) is 5.15. The Hall–Kier alpha value is -2.37.